The monoisotopic (exact) mass is 311 g/mol. The van der Waals surface area contributed by atoms with Gasteiger partial charge in [-0.2, -0.15) is 0 Å². The maximum Gasteiger partial charge on any atom is 0.128 e. The van der Waals surface area contributed by atoms with Gasteiger partial charge in [0.05, 0.1) is 18.6 Å². The van der Waals surface area contributed by atoms with Crippen molar-refractivity contribution < 1.29 is 4.39 Å². The van der Waals surface area contributed by atoms with Gasteiger partial charge in [-0.3, -0.25) is 0 Å². The Labute approximate surface area is 114 Å². The van der Waals surface area contributed by atoms with Crippen molar-refractivity contribution in [3.8, 4) is 0 Å². The highest BCUT2D eigenvalue weighted by Gasteiger charge is 2.06. The number of aromatic nitrogens is 2. The van der Waals surface area contributed by atoms with Crippen LogP contribution in [0.1, 0.15) is 18.2 Å². The normalized spacial score (nSPS) is 12.7. The number of hydrogen-bond donors (Lipinski definition) is 1. The van der Waals surface area contributed by atoms with Gasteiger partial charge in [0.25, 0.3) is 0 Å². The highest BCUT2D eigenvalue weighted by molar-refractivity contribution is 9.10. The van der Waals surface area contributed by atoms with E-state index >= 15 is 0 Å². The Kier molecular flexibility index (Phi) is 4.14. The van der Waals surface area contributed by atoms with Crippen molar-refractivity contribution in [2.45, 2.75) is 25.9 Å². The summed E-state index contributed by atoms with van der Waals surface area (Å²) < 4.78 is 16.3. The van der Waals surface area contributed by atoms with Crippen molar-refractivity contribution in [3.63, 3.8) is 0 Å². The van der Waals surface area contributed by atoms with Crippen LogP contribution in [0.3, 0.4) is 0 Å². The van der Waals surface area contributed by atoms with Crippen LogP contribution in [0.5, 0.6) is 0 Å². The lowest BCUT2D eigenvalue weighted by molar-refractivity contribution is 0.599. The van der Waals surface area contributed by atoms with E-state index in [0.29, 0.717) is 12.1 Å². The van der Waals surface area contributed by atoms with E-state index in [2.05, 4.69) is 20.9 Å². The fraction of sp³-hybridized carbons (Fsp3) is 0.308. The number of nitrogens with two attached hydrogens (primary N) is 1. The number of imidazole rings is 1. The summed E-state index contributed by atoms with van der Waals surface area (Å²) in [5.41, 5.74) is 7.28. The second kappa shape index (κ2) is 5.63. The average Bonchev–Trinajstić information content (AvgIpc) is 2.70. The van der Waals surface area contributed by atoms with Gasteiger partial charge in [-0.15, -0.1) is 0 Å². The van der Waals surface area contributed by atoms with E-state index in [1.807, 2.05) is 17.7 Å². The summed E-state index contributed by atoms with van der Waals surface area (Å²) in [5.74, 6) is -0.208. The topological polar surface area (TPSA) is 43.8 Å². The third kappa shape index (κ3) is 3.40. The molecule has 1 unspecified atom stereocenters. The summed E-state index contributed by atoms with van der Waals surface area (Å²) in [6.45, 7) is 2.41. The summed E-state index contributed by atoms with van der Waals surface area (Å²) in [4.78, 5) is 4.25. The molecule has 0 aliphatic carbocycles. The minimum atomic E-state index is -0.208. The highest BCUT2D eigenvalue weighted by atomic mass is 79.9. The van der Waals surface area contributed by atoms with E-state index in [0.717, 1.165) is 16.6 Å². The fourth-order valence-electron chi connectivity index (χ4n) is 1.79. The van der Waals surface area contributed by atoms with E-state index in [-0.39, 0.29) is 11.9 Å². The molecule has 0 aliphatic heterocycles. The lowest BCUT2D eigenvalue weighted by atomic mass is 10.2. The Hall–Kier alpha value is -1.20. The van der Waals surface area contributed by atoms with Crippen LogP contribution < -0.4 is 5.73 Å². The van der Waals surface area contributed by atoms with Crippen molar-refractivity contribution in [2.75, 3.05) is 0 Å². The molecule has 0 saturated heterocycles. The van der Waals surface area contributed by atoms with Crippen LogP contribution in [-0.4, -0.2) is 15.6 Å². The fourth-order valence-corrected chi connectivity index (χ4v) is 2.20. The number of benzene rings is 1. The van der Waals surface area contributed by atoms with Crippen molar-refractivity contribution in [2.24, 2.45) is 5.73 Å². The molecule has 0 spiro atoms. The van der Waals surface area contributed by atoms with Crippen molar-refractivity contribution in [1.29, 1.82) is 0 Å². The Morgan fingerprint density at radius 1 is 1.50 bits per heavy atom. The smallest absolute Gasteiger partial charge is 0.128 e. The van der Waals surface area contributed by atoms with E-state index < -0.39 is 0 Å². The van der Waals surface area contributed by atoms with Gasteiger partial charge in [0.15, 0.2) is 0 Å². The molecule has 0 bridgehead atoms. The Bertz CT molecular complexity index is 537. The van der Waals surface area contributed by atoms with Crippen LogP contribution in [0.2, 0.25) is 0 Å². The summed E-state index contributed by atoms with van der Waals surface area (Å²) in [6.07, 6.45) is 4.34. The van der Waals surface area contributed by atoms with Crippen LogP contribution >= 0.6 is 15.9 Å². The minimum Gasteiger partial charge on any atom is -0.333 e. The second-order valence-corrected chi connectivity index (χ2v) is 5.37. The average molecular weight is 312 g/mol. The van der Waals surface area contributed by atoms with Crippen molar-refractivity contribution >= 4 is 15.9 Å². The van der Waals surface area contributed by atoms with Crippen LogP contribution in [0.25, 0.3) is 0 Å². The third-order valence-electron chi connectivity index (χ3n) is 2.58. The summed E-state index contributed by atoms with van der Waals surface area (Å²) in [7, 11) is 0. The zero-order valence-corrected chi connectivity index (χ0v) is 11.7. The Balaban J connectivity index is 2.13. The molecule has 0 amide bonds. The predicted octanol–water partition coefficient (Wildman–Crippen LogP) is 2.72. The van der Waals surface area contributed by atoms with Gasteiger partial charge in [-0.05, 0) is 25.1 Å². The molecule has 0 fully saturated rings. The molecule has 3 nitrogen and oxygen atoms in total. The first-order valence-corrected chi connectivity index (χ1v) is 6.54. The van der Waals surface area contributed by atoms with Crippen LogP contribution in [-0.2, 0) is 13.0 Å². The summed E-state index contributed by atoms with van der Waals surface area (Å²) in [5, 5.41) is 0. The van der Waals surface area contributed by atoms with Gasteiger partial charge < -0.3 is 10.3 Å². The van der Waals surface area contributed by atoms with Gasteiger partial charge in [0.1, 0.15) is 5.82 Å². The zero-order chi connectivity index (χ0) is 13.1. The standard InChI is InChI=1S/C13H15BrFN3/c1-9(16)4-12-7-18(8-17-12)6-10-5-11(14)2-3-13(10)15/h2-3,5,7-9H,4,6,16H2,1H3. The molecule has 0 aliphatic rings. The highest BCUT2D eigenvalue weighted by Crippen LogP contribution is 2.16. The number of halogens is 2. The quantitative estimate of drug-likeness (QED) is 0.943. The molecule has 2 N–H and O–H groups in total. The number of nitrogens with zero attached hydrogens (tertiary/aromatic N) is 2. The Morgan fingerprint density at radius 2 is 2.28 bits per heavy atom. The first-order valence-electron chi connectivity index (χ1n) is 5.75. The van der Waals surface area contributed by atoms with Gasteiger partial charge in [-0.1, -0.05) is 15.9 Å². The minimum absolute atomic E-state index is 0.0796. The molecule has 1 atom stereocenters. The SMILES string of the molecule is CC(N)Cc1cn(Cc2cc(Br)ccc2F)cn1. The maximum absolute atomic E-state index is 13.6. The molecule has 0 saturated carbocycles. The van der Waals surface area contributed by atoms with Gasteiger partial charge in [-0.25, -0.2) is 9.37 Å². The molecule has 0 radical (unpaired) electrons. The lowest BCUT2D eigenvalue weighted by Crippen LogP contribution is -2.17. The number of hydrogen-bond acceptors (Lipinski definition) is 2. The van der Waals surface area contributed by atoms with Crippen LogP contribution in [0.4, 0.5) is 4.39 Å². The molecule has 1 aromatic heterocycles. The van der Waals surface area contributed by atoms with Gasteiger partial charge in [0, 0.05) is 28.7 Å². The third-order valence-corrected chi connectivity index (χ3v) is 3.07. The van der Waals surface area contributed by atoms with Gasteiger partial charge >= 0.3 is 0 Å². The first-order chi connectivity index (χ1) is 8.54. The molecule has 2 aromatic rings. The lowest BCUT2D eigenvalue weighted by Gasteiger charge is -2.05. The van der Waals surface area contributed by atoms with Crippen LogP contribution in [0.15, 0.2) is 35.2 Å². The first kappa shape index (κ1) is 13.2. The summed E-state index contributed by atoms with van der Waals surface area (Å²) in [6, 6.07) is 5.00. The van der Waals surface area contributed by atoms with E-state index in [1.165, 1.54) is 6.07 Å². The molecule has 2 rings (SSSR count). The van der Waals surface area contributed by atoms with Crippen molar-refractivity contribution in [1.82, 2.24) is 9.55 Å². The maximum atomic E-state index is 13.6. The molecular formula is C13H15BrFN3. The molecule has 18 heavy (non-hydrogen) atoms. The molecule has 96 valence electrons. The largest absolute Gasteiger partial charge is 0.333 e. The van der Waals surface area contributed by atoms with E-state index in [1.54, 1.807) is 18.5 Å². The molecular weight excluding hydrogens is 297 g/mol. The van der Waals surface area contributed by atoms with Crippen LogP contribution in [0, 0.1) is 5.82 Å². The molecule has 5 heteroatoms. The molecule has 1 aromatic carbocycles. The second-order valence-electron chi connectivity index (χ2n) is 4.45. The number of rotatable bonds is 4. The van der Waals surface area contributed by atoms with Gasteiger partial charge in [0.2, 0.25) is 0 Å². The Morgan fingerprint density at radius 3 is 3.00 bits per heavy atom. The predicted molar refractivity (Wildman–Crippen MR) is 72.8 cm³/mol. The van der Waals surface area contributed by atoms with E-state index in [4.69, 9.17) is 5.73 Å². The summed E-state index contributed by atoms with van der Waals surface area (Å²) >= 11 is 3.34. The molecule has 1 heterocycles. The van der Waals surface area contributed by atoms with Crippen molar-refractivity contribution in [3.05, 3.63) is 52.3 Å². The van der Waals surface area contributed by atoms with E-state index in [9.17, 15) is 4.39 Å². The zero-order valence-electron chi connectivity index (χ0n) is 10.1.